The first-order chi connectivity index (χ1) is 12.7. The van der Waals surface area contributed by atoms with Gasteiger partial charge in [-0.2, -0.15) is 0 Å². The molecule has 0 amide bonds. The van der Waals surface area contributed by atoms with Gasteiger partial charge in [-0.15, -0.1) is 12.4 Å². The topological polar surface area (TPSA) is 41.9 Å². The molecule has 2 unspecified atom stereocenters. The minimum atomic E-state index is -0.194. The Kier molecular flexibility index (Phi) is 8.42. The lowest BCUT2D eigenvalue weighted by atomic mass is 10.0. The van der Waals surface area contributed by atoms with Crippen molar-refractivity contribution in [2.45, 2.75) is 37.8 Å². The number of hydrogen-bond donors (Lipinski definition) is 1. The Labute approximate surface area is 168 Å². The van der Waals surface area contributed by atoms with E-state index in [4.69, 9.17) is 9.47 Å². The van der Waals surface area contributed by atoms with E-state index in [0.29, 0.717) is 12.6 Å². The summed E-state index contributed by atoms with van der Waals surface area (Å²) < 4.78 is 11.4. The van der Waals surface area contributed by atoms with Gasteiger partial charge in [-0.05, 0) is 62.1 Å². The van der Waals surface area contributed by atoms with Crippen LogP contribution in [0.5, 0.6) is 11.5 Å². The molecule has 1 heterocycles. The molecule has 1 aliphatic heterocycles. The number of aliphatic hydroxyl groups excluding tert-OH is 1. The molecule has 4 nitrogen and oxygen atoms in total. The number of rotatable bonds is 8. The number of nitrogens with zero attached hydrogens (tertiary/aromatic N) is 1. The predicted octanol–water partition coefficient (Wildman–Crippen LogP) is 3.74. The molecule has 0 spiro atoms. The van der Waals surface area contributed by atoms with Gasteiger partial charge in [0, 0.05) is 12.6 Å². The number of likely N-dealkylation sites (tertiary alicyclic amines) is 1. The first-order valence-electron chi connectivity index (χ1n) is 9.37. The molecule has 27 heavy (non-hydrogen) atoms. The van der Waals surface area contributed by atoms with E-state index in [2.05, 4.69) is 36.2 Å². The highest BCUT2D eigenvalue weighted by Gasteiger charge is 2.27. The van der Waals surface area contributed by atoms with Gasteiger partial charge in [-0.3, -0.25) is 0 Å². The van der Waals surface area contributed by atoms with Crippen molar-refractivity contribution in [1.29, 1.82) is 0 Å². The van der Waals surface area contributed by atoms with Crippen LogP contribution in [0.1, 0.15) is 24.0 Å². The molecule has 0 radical (unpaired) electrons. The highest BCUT2D eigenvalue weighted by Crippen LogP contribution is 2.23. The van der Waals surface area contributed by atoms with Crippen molar-refractivity contribution in [2.24, 2.45) is 0 Å². The summed E-state index contributed by atoms with van der Waals surface area (Å²) in [6, 6.07) is 16.9. The monoisotopic (exact) mass is 391 g/mol. The van der Waals surface area contributed by atoms with Crippen LogP contribution in [-0.4, -0.2) is 49.5 Å². The molecule has 148 valence electrons. The molecule has 3 rings (SSSR count). The normalized spacial score (nSPS) is 19.5. The molecule has 1 N–H and O–H groups in total. The summed E-state index contributed by atoms with van der Waals surface area (Å²) in [6.07, 6.45) is 3.48. The van der Waals surface area contributed by atoms with Crippen molar-refractivity contribution >= 4 is 12.4 Å². The maximum absolute atomic E-state index is 9.75. The average Bonchev–Trinajstić information content (AvgIpc) is 2.98. The Balaban J connectivity index is 0.00000261. The molecular weight excluding hydrogens is 362 g/mol. The van der Waals surface area contributed by atoms with Gasteiger partial charge < -0.3 is 19.5 Å². The van der Waals surface area contributed by atoms with Gasteiger partial charge in [0.1, 0.15) is 11.5 Å². The molecular formula is C22H30ClNO3. The largest absolute Gasteiger partial charge is 0.497 e. The number of benzene rings is 2. The van der Waals surface area contributed by atoms with Crippen LogP contribution in [-0.2, 0) is 12.8 Å². The summed E-state index contributed by atoms with van der Waals surface area (Å²) in [5.41, 5.74) is 2.50. The second kappa shape index (κ2) is 10.5. The van der Waals surface area contributed by atoms with E-state index in [0.717, 1.165) is 43.7 Å². The Bertz CT molecular complexity index is 709. The number of aryl methyl sites for hydroxylation is 2. The van der Waals surface area contributed by atoms with Crippen LogP contribution in [0.25, 0.3) is 0 Å². The zero-order valence-electron chi connectivity index (χ0n) is 16.1. The number of methoxy groups -OCH3 is 1. The zero-order chi connectivity index (χ0) is 18.4. The highest BCUT2D eigenvalue weighted by molar-refractivity contribution is 5.85. The van der Waals surface area contributed by atoms with Gasteiger partial charge in [-0.25, -0.2) is 0 Å². The number of para-hydroxylation sites is 1. The summed E-state index contributed by atoms with van der Waals surface area (Å²) >= 11 is 0. The molecule has 0 aromatic heterocycles. The molecule has 2 aromatic rings. The van der Waals surface area contributed by atoms with Crippen molar-refractivity contribution in [2.75, 3.05) is 27.3 Å². The lowest BCUT2D eigenvalue weighted by Crippen LogP contribution is -2.26. The van der Waals surface area contributed by atoms with Crippen LogP contribution in [0.4, 0.5) is 0 Å². The minimum absolute atomic E-state index is 0. The van der Waals surface area contributed by atoms with E-state index in [1.165, 1.54) is 11.1 Å². The Morgan fingerprint density at radius 3 is 2.67 bits per heavy atom. The zero-order valence-corrected chi connectivity index (χ0v) is 17.0. The number of β-amino-alcohol motifs (C(OH)–C–C–N with tert-alkyl or cyclic N) is 1. The quantitative estimate of drug-likeness (QED) is 0.744. The van der Waals surface area contributed by atoms with E-state index in [-0.39, 0.29) is 18.5 Å². The molecule has 0 bridgehead atoms. The molecule has 0 aliphatic carbocycles. The molecule has 1 saturated heterocycles. The molecule has 1 aliphatic rings. The number of ether oxygens (including phenoxy) is 2. The molecule has 5 heteroatoms. The van der Waals surface area contributed by atoms with Gasteiger partial charge in [0.15, 0.2) is 0 Å². The van der Waals surface area contributed by atoms with Crippen LogP contribution >= 0.6 is 12.4 Å². The lowest BCUT2D eigenvalue weighted by Gasteiger charge is -2.19. The fourth-order valence-corrected chi connectivity index (χ4v) is 3.65. The van der Waals surface area contributed by atoms with Crippen molar-refractivity contribution in [3.05, 3.63) is 59.7 Å². The summed E-state index contributed by atoms with van der Waals surface area (Å²) in [5, 5.41) is 9.75. The Hall–Kier alpha value is -1.75. The van der Waals surface area contributed by atoms with E-state index >= 15 is 0 Å². The molecule has 2 atom stereocenters. The number of aliphatic hydroxyl groups is 1. The number of halogens is 1. The number of likely N-dealkylation sites (N-methyl/N-ethyl adjacent to an activating group) is 1. The van der Waals surface area contributed by atoms with Crippen molar-refractivity contribution < 1.29 is 14.6 Å². The third-order valence-electron chi connectivity index (χ3n) is 5.16. The van der Waals surface area contributed by atoms with E-state index in [9.17, 15) is 5.11 Å². The van der Waals surface area contributed by atoms with Gasteiger partial charge in [0.25, 0.3) is 0 Å². The fourth-order valence-electron chi connectivity index (χ4n) is 3.65. The van der Waals surface area contributed by atoms with Crippen LogP contribution < -0.4 is 9.47 Å². The first kappa shape index (κ1) is 21.5. The second-order valence-electron chi connectivity index (χ2n) is 7.08. The number of hydrogen-bond acceptors (Lipinski definition) is 4. The van der Waals surface area contributed by atoms with Crippen molar-refractivity contribution in [3.63, 3.8) is 0 Å². The lowest BCUT2D eigenvalue weighted by molar-refractivity contribution is 0.182. The van der Waals surface area contributed by atoms with Crippen molar-refractivity contribution in [3.8, 4) is 11.5 Å². The summed E-state index contributed by atoms with van der Waals surface area (Å²) in [5.74, 6) is 1.87. The van der Waals surface area contributed by atoms with Gasteiger partial charge in [0.2, 0.25) is 0 Å². The standard InChI is InChI=1S/C22H29NO3.ClH/c1-23-16-20(24)15-19(23)12-13-26-22-9-4-3-7-18(22)11-10-17-6-5-8-21(14-17)25-2;/h3-9,14,19-20,24H,10-13,15-16H2,1-2H3;1H. The highest BCUT2D eigenvalue weighted by atomic mass is 35.5. The van der Waals surface area contributed by atoms with Crippen LogP contribution in [0.3, 0.4) is 0 Å². The van der Waals surface area contributed by atoms with Gasteiger partial charge in [0.05, 0.1) is 19.8 Å². The van der Waals surface area contributed by atoms with Crippen LogP contribution in [0, 0.1) is 0 Å². The Morgan fingerprint density at radius 1 is 1.11 bits per heavy atom. The fraction of sp³-hybridized carbons (Fsp3) is 0.455. The first-order valence-corrected chi connectivity index (χ1v) is 9.37. The van der Waals surface area contributed by atoms with Crippen LogP contribution in [0.2, 0.25) is 0 Å². The van der Waals surface area contributed by atoms with E-state index in [1.54, 1.807) is 7.11 Å². The maximum Gasteiger partial charge on any atom is 0.122 e. The minimum Gasteiger partial charge on any atom is -0.497 e. The van der Waals surface area contributed by atoms with Gasteiger partial charge >= 0.3 is 0 Å². The summed E-state index contributed by atoms with van der Waals surface area (Å²) in [7, 11) is 3.77. The third-order valence-corrected chi connectivity index (χ3v) is 5.16. The smallest absolute Gasteiger partial charge is 0.122 e. The summed E-state index contributed by atoms with van der Waals surface area (Å²) in [4.78, 5) is 2.22. The maximum atomic E-state index is 9.75. The van der Waals surface area contributed by atoms with Crippen molar-refractivity contribution in [1.82, 2.24) is 4.90 Å². The van der Waals surface area contributed by atoms with Crippen LogP contribution in [0.15, 0.2) is 48.5 Å². The SMILES string of the molecule is COc1cccc(CCc2ccccc2OCCC2CC(O)CN2C)c1.Cl. The van der Waals surface area contributed by atoms with E-state index < -0.39 is 0 Å². The molecule has 0 saturated carbocycles. The predicted molar refractivity (Wildman–Crippen MR) is 111 cm³/mol. The summed E-state index contributed by atoms with van der Waals surface area (Å²) in [6.45, 7) is 1.44. The Morgan fingerprint density at radius 2 is 1.93 bits per heavy atom. The average molecular weight is 392 g/mol. The second-order valence-corrected chi connectivity index (χ2v) is 7.08. The van der Waals surface area contributed by atoms with Gasteiger partial charge in [-0.1, -0.05) is 30.3 Å². The molecule has 1 fully saturated rings. The van der Waals surface area contributed by atoms with E-state index in [1.807, 2.05) is 24.3 Å². The molecule has 2 aromatic carbocycles. The third kappa shape index (κ3) is 6.13.